The molecule has 1 aliphatic heterocycles. The Hall–Kier alpha value is -4.27. The maximum absolute atomic E-state index is 13.2. The third kappa shape index (κ3) is 3.77. The zero-order chi connectivity index (χ0) is 25.4. The monoisotopic (exact) mass is 485 g/mol. The third-order valence-electron chi connectivity index (χ3n) is 6.54. The van der Waals surface area contributed by atoms with Crippen molar-refractivity contribution in [1.82, 2.24) is 4.98 Å². The van der Waals surface area contributed by atoms with Crippen molar-refractivity contribution in [1.29, 1.82) is 0 Å². The molecule has 182 valence electrons. The van der Waals surface area contributed by atoms with Crippen LogP contribution in [0.2, 0.25) is 0 Å². The van der Waals surface area contributed by atoms with Crippen molar-refractivity contribution in [2.24, 2.45) is 0 Å². The number of hydrogen-bond acceptors (Lipinski definition) is 7. The molecule has 0 saturated carbocycles. The minimum Gasteiger partial charge on any atom is -0.507 e. The Balaban J connectivity index is 1.71. The van der Waals surface area contributed by atoms with Gasteiger partial charge in [0.25, 0.3) is 11.7 Å². The molecule has 4 aromatic rings. The smallest absolute Gasteiger partial charge is 0.268 e. The molecule has 8 nitrogen and oxygen atoms in total. The second kappa shape index (κ2) is 9.41. The molecule has 0 aliphatic carbocycles. The Morgan fingerprint density at radius 2 is 1.78 bits per heavy atom. The number of hydrogen-bond donors (Lipinski definition) is 3. The van der Waals surface area contributed by atoms with E-state index in [4.69, 9.17) is 9.47 Å². The summed E-state index contributed by atoms with van der Waals surface area (Å²) in [6, 6.07) is 13.2. The summed E-state index contributed by atoms with van der Waals surface area (Å²) in [4.78, 5) is 17.7. The van der Waals surface area contributed by atoms with Gasteiger partial charge in [0.15, 0.2) is 11.5 Å². The first-order valence-corrected chi connectivity index (χ1v) is 11.4. The van der Waals surface area contributed by atoms with Crippen LogP contribution in [0.3, 0.4) is 0 Å². The fourth-order valence-corrected chi connectivity index (χ4v) is 4.78. The number of nitroso groups, excluding NO2 is 1. The van der Waals surface area contributed by atoms with E-state index in [0.29, 0.717) is 45.1 Å². The number of nitrogens with zero attached hydrogens (tertiary/aromatic N) is 2. The second-order valence-electron chi connectivity index (χ2n) is 8.44. The number of methoxy groups -OCH3 is 2. The molecule has 1 atom stereocenters. The maximum Gasteiger partial charge on any atom is 0.268 e. The van der Waals surface area contributed by atoms with Crippen LogP contribution < -0.4 is 9.47 Å². The summed E-state index contributed by atoms with van der Waals surface area (Å²) in [7, 11) is 3.11. The van der Waals surface area contributed by atoms with E-state index in [0.717, 1.165) is 21.1 Å². The third-order valence-corrected chi connectivity index (χ3v) is 6.54. The Morgan fingerprint density at radius 3 is 2.50 bits per heavy atom. The molecule has 2 heterocycles. The molecular weight excluding hydrogens is 460 g/mol. The molecule has 5 rings (SSSR count). The Morgan fingerprint density at radius 1 is 1.00 bits per heavy atom. The number of aromatic nitrogens is 1. The van der Waals surface area contributed by atoms with Crippen molar-refractivity contribution in [2.75, 3.05) is 14.2 Å². The SMILES string of the molecule is COc1cc2cc(CO)c(CO)c(-c3ccnc(C4C=Cc5c(O)cccc5[N+]4=O)c3)c2cc1OC. The molecule has 0 fully saturated rings. The highest BCUT2D eigenvalue weighted by atomic mass is 16.5. The van der Waals surface area contributed by atoms with Gasteiger partial charge in [0.05, 0.1) is 37.8 Å². The normalized spacial score (nSPS) is 14.7. The summed E-state index contributed by atoms with van der Waals surface area (Å²) in [6.45, 7) is -0.554. The van der Waals surface area contributed by atoms with E-state index in [2.05, 4.69) is 4.98 Å². The maximum atomic E-state index is 13.2. The van der Waals surface area contributed by atoms with Gasteiger partial charge in [-0.3, -0.25) is 4.98 Å². The Kier molecular flexibility index (Phi) is 6.13. The molecule has 3 N–H and O–H groups in total. The van der Waals surface area contributed by atoms with Crippen LogP contribution in [-0.4, -0.2) is 39.3 Å². The molecule has 36 heavy (non-hydrogen) atoms. The minimum atomic E-state index is -0.709. The van der Waals surface area contributed by atoms with Crippen LogP contribution >= 0.6 is 0 Å². The van der Waals surface area contributed by atoms with E-state index in [1.54, 1.807) is 56.8 Å². The van der Waals surface area contributed by atoms with Crippen molar-refractivity contribution < 1.29 is 29.6 Å². The summed E-state index contributed by atoms with van der Waals surface area (Å²) >= 11 is 0. The number of aliphatic hydroxyl groups excluding tert-OH is 2. The largest absolute Gasteiger partial charge is 0.507 e. The number of ether oxygens (including phenoxy) is 2. The van der Waals surface area contributed by atoms with Gasteiger partial charge in [-0.2, -0.15) is 0 Å². The second-order valence-corrected chi connectivity index (χ2v) is 8.44. The highest BCUT2D eigenvalue weighted by Gasteiger charge is 2.35. The van der Waals surface area contributed by atoms with Crippen LogP contribution in [0, 0.1) is 4.91 Å². The number of rotatable bonds is 6. The van der Waals surface area contributed by atoms with Crippen LogP contribution in [0.25, 0.3) is 28.0 Å². The van der Waals surface area contributed by atoms with Crippen LogP contribution in [0.5, 0.6) is 17.2 Å². The molecule has 0 saturated heterocycles. The zero-order valence-corrected chi connectivity index (χ0v) is 19.8. The molecule has 1 aliphatic rings. The summed E-state index contributed by atoms with van der Waals surface area (Å²) in [5.74, 6) is 1.11. The van der Waals surface area contributed by atoms with Gasteiger partial charge in [0, 0.05) is 17.2 Å². The van der Waals surface area contributed by atoms with E-state index in [1.165, 1.54) is 6.07 Å². The first-order valence-electron chi connectivity index (χ1n) is 11.4. The van der Waals surface area contributed by atoms with Crippen LogP contribution in [0.15, 0.2) is 60.8 Å². The highest BCUT2D eigenvalue weighted by molar-refractivity contribution is 6.01. The van der Waals surface area contributed by atoms with Crippen molar-refractivity contribution in [3.8, 4) is 28.4 Å². The van der Waals surface area contributed by atoms with E-state index in [1.807, 2.05) is 18.2 Å². The van der Waals surface area contributed by atoms with E-state index in [9.17, 15) is 20.2 Å². The van der Waals surface area contributed by atoms with Gasteiger partial charge in [-0.05, 0) is 81.6 Å². The lowest BCUT2D eigenvalue weighted by Crippen LogP contribution is -2.15. The topological polar surface area (TPSA) is 112 Å². The predicted molar refractivity (Wildman–Crippen MR) is 135 cm³/mol. The van der Waals surface area contributed by atoms with Crippen molar-refractivity contribution >= 4 is 22.5 Å². The number of benzene rings is 3. The standard InChI is InChI=1S/C28H24N2O6/c1-35-26-12-17-10-18(14-31)21(15-32)28(20(17)13-27(26)36-2)16-8-9-29-22(11-16)24-7-6-19-23(30(24)34)4-3-5-25(19)33/h3-13,24,31-32H,14-15H2,1-2H3/p+1. The predicted octanol–water partition coefficient (Wildman–Crippen LogP) is 4.79. The zero-order valence-electron chi connectivity index (χ0n) is 19.8. The van der Waals surface area contributed by atoms with E-state index in [-0.39, 0.29) is 19.0 Å². The average Bonchev–Trinajstić information content (AvgIpc) is 2.91. The molecule has 1 aromatic heterocycles. The van der Waals surface area contributed by atoms with Crippen LogP contribution in [0.1, 0.15) is 28.4 Å². The fourth-order valence-electron chi connectivity index (χ4n) is 4.78. The summed E-state index contributed by atoms with van der Waals surface area (Å²) in [6.07, 6.45) is 5.03. The molecule has 8 heteroatoms. The van der Waals surface area contributed by atoms with Crippen LogP contribution in [-0.2, 0) is 13.2 Å². The molecule has 0 spiro atoms. The lowest BCUT2D eigenvalue weighted by atomic mass is 9.89. The summed E-state index contributed by atoms with van der Waals surface area (Å²) in [5, 5.41) is 32.1. The number of fused-ring (bicyclic) bond motifs is 2. The number of aromatic hydroxyl groups is 1. The van der Waals surface area contributed by atoms with Gasteiger partial charge in [-0.15, -0.1) is 0 Å². The van der Waals surface area contributed by atoms with Crippen molar-refractivity contribution in [3.05, 3.63) is 88.1 Å². The minimum absolute atomic E-state index is 0.0361. The molecular formula is C28H25N2O6+. The van der Waals surface area contributed by atoms with E-state index >= 15 is 0 Å². The summed E-state index contributed by atoms with van der Waals surface area (Å²) < 4.78 is 11.8. The van der Waals surface area contributed by atoms with Gasteiger partial charge in [0.2, 0.25) is 0 Å². The van der Waals surface area contributed by atoms with Crippen molar-refractivity contribution in [3.63, 3.8) is 0 Å². The van der Waals surface area contributed by atoms with Gasteiger partial charge in [0.1, 0.15) is 11.4 Å². The van der Waals surface area contributed by atoms with Crippen LogP contribution in [0.4, 0.5) is 5.69 Å². The fraction of sp³-hybridized carbons (Fsp3) is 0.179. The highest BCUT2D eigenvalue weighted by Crippen LogP contribution is 2.42. The molecule has 0 amide bonds. The Labute approximate surface area is 207 Å². The van der Waals surface area contributed by atoms with Crippen molar-refractivity contribution in [2.45, 2.75) is 19.3 Å². The number of aliphatic hydroxyl groups is 2. The average molecular weight is 486 g/mol. The summed E-state index contributed by atoms with van der Waals surface area (Å²) in [5.41, 5.74) is 3.90. The van der Waals surface area contributed by atoms with Gasteiger partial charge in [-0.1, -0.05) is 6.07 Å². The number of phenolic OH excluding ortho intramolecular Hbond substituents is 1. The van der Waals surface area contributed by atoms with E-state index < -0.39 is 6.04 Å². The lowest BCUT2D eigenvalue weighted by Gasteiger charge is -2.19. The van der Waals surface area contributed by atoms with Gasteiger partial charge >= 0.3 is 0 Å². The van der Waals surface area contributed by atoms with Gasteiger partial charge in [-0.25, -0.2) is 0 Å². The molecule has 0 bridgehead atoms. The number of pyridine rings is 1. The molecule has 1 unspecified atom stereocenters. The number of phenols is 1. The molecule has 0 radical (unpaired) electrons. The molecule has 3 aromatic carbocycles. The first kappa shape index (κ1) is 23.5. The first-order chi connectivity index (χ1) is 17.5. The lowest BCUT2D eigenvalue weighted by molar-refractivity contribution is -0.501. The van der Waals surface area contributed by atoms with Gasteiger partial charge < -0.3 is 24.8 Å². The Bertz CT molecular complexity index is 1520. The quantitative estimate of drug-likeness (QED) is 0.337.